The summed E-state index contributed by atoms with van der Waals surface area (Å²) in [4.78, 5) is 0. The van der Waals surface area contributed by atoms with Gasteiger partial charge >= 0.3 is 0 Å². The third-order valence-electron chi connectivity index (χ3n) is 3.19. The van der Waals surface area contributed by atoms with Gasteiger partial charge in [0.2, 0.25) is 0 Å². The molecule has 0 saturated carbocycles. The average molecular weight is 300 g/mol. The summed E-state index contributed by atoms with van der Waals surface area (Å²) < 4.78 is 7.23. The number of alkyl halides is 1. The van der Waals surface area contributed by atoms with Crippen molar-refractivity contribution in [2.75, 3.05) is 7.11 Å². The minimum absolute atomic E-state index is 0.289. The molecule has 5 heteroatoms. The maximum absolute atomic E-state index is 6.00. The first-order chi connectivity index (χ1) is 10.3. The van der Waals surface area contributed by atoms with E-state index < -0.39 is 0 Å². The molecule has 0 fully saturated rings. The van der Waals surface area contributed by atoms with Crippen molar-refractivity contribution in [1.29, 1.82) is 0 Å². The van der Waals surface area contributed by atoms with Gasteiger partial charge < -0.3 is 4.74 Å². The fraction of sp³-hybridized carbons (Fsp3) is 0.125. The smallest absolute Gasteiger partial charge is 0.168 e. The third kappa shape index (κ3) is 2.62. The molecule has 0 bridgehead atoms. The Kier molecular flexibility index (Phi) is 3.88. The number of ether oxygens (including phenoxy) is 1. The van der Waals surface area contributed by atoms with E-state index >= 15 is 0 Å². The number of halogens is 1. The van der Waals surface area contributed by atoms with Crippen LogP contribution in [0.15, 0.2) is 54.6 Å². The van der Waals surface area contributed by atoms with Crippen LogP contribution in [0.5, 0.6) is 5.75 Å². The first-order valence-electron chi connectivity index (χ1n) is 6.53. The Balaban J connectivity index is 2.18. The molecule has 0 amide bonds. The van der Waals surface area contributed by atoms with Crippen LogP contribution in [0.1, 0.15) is 5.82 Å². The maximum atomic E-state index is 6.00. The highest BCUT2D eigenvalue weighted by atomic mass is 35.5. The summed E-state index contributed by atoms with van der Waals surface area (Å²) >= 11 is 6.00. The highest BCUT2D eigenvalue weighted by Crippen LogP contribution is 2.25. The molecule has 106 valence electrons. The Labute approximate surface area is 128 Å². The van der Waals surface area contributed by atoms with E-state index in [-0.39, 0.29) is 5.88 Å². The lowest BCUT2D eigenvalue weighted by Crippen LogP contribution is -2.02. The van der Waals surface area contributed by atoms with E-state index in [1.165, 1.54) is 0 Å². The van der Waals surface area contributed by atoms with Gasteiger partial charge in [-0.2, -0.15) is 0 Å². The van der Waals surface area contributed by atoms with Gasteiger partial charge in [0, 0.05) is 11.6 Å². The molecule has 0 saturated heterocycles. The molecule has 3 aromatic rings. The summed E-state index contributed by atoms with van der Waals surface area (Å²) in [6.07, 6.45) is 0. The molecular weight excluding hydrogens is 286 g/mol. The van der Waals surface area contributed by atoms with Gasteiger partial charge in [-0.1, -0.05) is 36.4 Å². The molecule has 0 radical (unpaired) electrons. The van der Waals surface area contributed by atoms with Crippen molar-refractivity contribution in [2.45, 2.75) is 5.88 Å². The lowest BCUT2D eigenvalue weighted by atomic mass is 10.2. The Morgan fingerprint density at radius 2 is 1.86 bits per heavy atom. The van der Waals surface area contributed by atoms with Gasteiger partial charge in [-0.3, -0.25) is 4.57 Å². The molecule has 0 aliphatic carbocycles. The van der Waals surface area contributed by atoms with Crippen molar-refractivity contribution < 1.29 is 4.74 Å². The minimum atomic E-state index is 0.289. The second-order valence-electron chi connectivity index (χ2n) is 4.48. The molecule has 21 heavy (non-hydrogen) atoms. The first-order valence-corrected chi connectivity index (χ1v) is 7.07. The van der Waals surface area contributed by atoms with Gasteiger partial charge in [-0.05, 0) is 12.1 Å². The SMILES string of the molecule is COc1cccc(-n2c(CCl)nnc2-c2ccccc2)c1. The second-order valence-corrected chi connectivity index (χ2v) is 4.74. The van der Waals surface area contributed by atoms with Crippen LogP contribution in [0.3, 0.4) is 0 Å². The lowest BCUT2D eigenvalue weighted by molar-refractivity contribution is 0.414. The molecule has 0 aliphatic heterocycles. The summed E-state index contributed by atoms with van der Waals surface area (Å²) in [5.41, 5.74) is 1.91. The molecule has 0 N–H and O–H groups in total. The van der Waals surface area contributed by atoms with Gasteiger partial charge in [0.15, 0.2) is 11.6 Å². The van der Waals surface area contributed by atoms with Crippen molar-refractivity contribution in [3.63, 3.8) is 0 Å². The zero-order chi connectivity index (χ0) is 14.7. The second kappa shape index (κ2) is 5.97. The fourth-order valence-corrected chi connectivity index (χ4v) is 2.37. The predicted octanol–water partition coefficient (Wildman–Crippen LogP) is 3.68. The molecule has 0 unspecified atom stereocenters. The monoisotopic (exact) mass is 299 g/mol. The largest absolute Gasteiger partial charge is 0.497 e. The van der Waals surface area contributed by atoms with E-state index in [2.05, 4.69) is 10.2 Å². The molecule has 3 rings (SSSR count). The van der Waals surface area contributed by atoms with Gasteiger partial charge in [0.05, 0.1) is 18.7 Å². The van der Waals surface area contributed by atoms with Crippen LogP contribution in [0, 0.1) is 0 Å². The molecule has 0 aliphatic rings. The number of aromatic nitrogens is 3. The van der Waals surface area contributed by atoms with Crippen LogP contribution in [0.2, 0.25) is 0 Å². The van der Waals surface area contributed by atoms with Crippen molar-refractivity contribution in [2.24, 2.45) is 0 Å². The van der Waals surface area contributed by atoms with Crippen LogP contribution in [-0.2, 0) is 5.88 Å². The van der Waals surface area contributed by atoms with Gasteiger partial charge in [-0.15, -0.1) is 21.8 Å². The molecule has 2 aromatic carbocycles. The number of benzene rings is 2. The van der Waals surface area contributed by atoms with Crippen molar-refractivity contribution >= 4 is 11.6 Å². The first kappa shape index (κ1) is 13.6. The van der Waals surface area contributed by atoms with Crippen LogP contribution in [0.4, 0.5) is 0 Å². The lowest BCUT2D eigenvalue weighted by Gasteiger charge is -2.10. The molecule has 1 aromatic heterocycles. The van der Waals surface area contributed by atoms with Gasteiger partial charge in [-0.25, -0.2) is 0 Å². The Hall–Kier alpha value is -2.33. The molecule has 0 spiro atoms. The molecule has 4 nitrogen and oxygen atoms in total. The number of methoxy groups -OCH3 is 1. The Morgan fingerprint density at radius 1 is 1.05 bits per heavy atom. The van der Waals surface area contributed by atoms with Crippen molar-refractivity contribution in [3.05, 3.63) is 60.4 Å². The maximum Gasteiger partial charge on any atom is 0.168 e. The van der Waals surface area contributed by atoms with E-state index in [0.29, 0.717) is 5.82 Å². The van der Waals surface area contributed by atoms with E-state index in [9.17, 15) is 0 Å². The number of rotatable bonds is 4. The standard InChI is InChI=1S/C16H14ClN3O/c1-21-14-9-5-8-13(10-14)20-15(11-17)18-19-16(20)12-6-3-2-4-7-12/h2-10H,11H2,1H3. The number of nitrogens with zero attached hydrogens (tertiary/aromatic N) is 3. The van der Waals surface area contributed by atoms with Crippen LogP contribution >= 0.6 is 11.6 Å². The minimum Gasteiger partial charge on any atom is -0.497 e. The van der Waals surface area contributed by atoms with E-state index in [1.807, 2.05) is 59.2 Å². The third-order valence-corrected chi connectivity index (χ3v) is 3.43. The average Bonchev–Trinajstić information content (AvgIpc) is 2.99. The van der Waals surface area contributed by atoms with Crippen molar-refractivity contribution in [3.8, 4) is 22.8 Å². The normalized spacial score (nSPS) is 10.6. The van der Waals surface area contributed by atoms with Crippen LogP contribution in [0.25, 0.3) is 17.1 Å². The van der Waals surface area contributed by atoms with E-state index in [0.717, 1.165) is 22.8 Å². The highest BCUT2D eigenvalue weighted by molar-refractivity contribution is 6.16. The summed E-state index contributed by atoms with van der Waals surface area (Å²) in [6.45, 7) is 0. The van der Waals surface area contributed by atoms with Crippen molar-refractivity contribution in [1.82, 2.24) is 14.8 Å². The fourth-order valence-electron chi connectivity index (χ4n) is 2.20. The summed E-state index contributed by atoms with van der Waals surface area (Å²) in [5, 5.41) is 8.46. The molecule has 1 heterocycles. The summed E-state index contributed by atoms with van der Waals surface area (Å²) in [7, 11) is 1.64. The van der Waals surface area contributed by atoms with Gasteiger partial charge in [0.25, 0.3) is 0 Å². The quantitative estimate of drug-likeness (QED) is 0.690. The zero-order valence-corrected chi connectivity index (χ0v) is 12.3. The van der Waals surface area contributed by atoms with Crippen LogP contribution in [-0.4, -0.2) is 21.9 Å². The predicted molar refractivity (Wildman–Crippen MR) is 82.9 cm³/mol. The number of hydrogen-bond acceptors (Lipinski definition) is 3. The topological polar surface area (TPSA) is 39.9 Å². The Bertz CT molecular complexity index is 740. The highest BCUT2D eigenvalue weighted by Gasteiger charge is 2.15. The zero-order valence-electron chi connectivity index (χ0n) is 11.5. The summed E-state index contributed by atoms with van der Waals surface area (Å²) in [5.74, 6) is 2.53. The van der Waals surface area contributed by atoms with Gasteiger partial charge in [0.1, 0.15) is 5.75 Å². The molecular formula is C16H14ClN3O. The summed E-state index contributed by atoms with van der Waals surface area (Å²) in [6, 6.07) is 17.7. The van der Waals surface area contributed by atoms with Crippen LogP contribution < -0.4 is 4.74 Å². The Morgan fingerprint density at radius 3 is 2.57 bits per heavy atom. The van der Waals surface area contributed by atoms with E-state index in [4.69, 9.17) is 16.3 Å². The van der Waals surface area contributed by atoms with E-state index in [1.54, 1.807) is 7.11 Å². The number of hydrogen-bond donors (Lipinski definition) is 0. The molecule has 0 atom stereocenters.